The minimum absolute atomic E-state index is 0.274. The van der Waals surface area contributed by atoms with Gasteiger partial charge in [-0.15, -0.1) is 12.6 Å². The van der Waals surface area contributed by atoms with Gasteiger partial charge < -0.3 is 5.32 Å². The molecule has 2 aromatic rings. The Morgan fingerprint density at radius 1 is 1.14 bits per heavy atom. The van der Waals surface area contributed by atoms with Crippen molar-refractivity contribution in [3.8, 4) is 0 Å². The molecule has 6 heteroatoms. The highest BCUT2D eigenvalue weighted by Gasteiger charge is 2.09. The summed E-state index contributed by atoms with van der Waals surface area (Å²) in [7, 11) is 0. The van der Waals surface area contributed by atoms with Crippen molar-refractivity contribution in [1.29, 1.82) is 0 Å². The summed E-state index contributed by atoms with van der Waals surface area (Å²) >= 11 is 7.53. The van der Waals surface area contributed by atoms with Crippen LogP contribution in [-0.4, -0.2) is 12.5 Å². The number of amides is 1. The van der Waals surface area contributed by atoms with E-state index in [2.05, 4.69) is 33.9 Å². The van der Waals surface area contributed by atoms with Crippen molar-refractivity contribution in [3.63, 3.8) is 0 Å². The monoisotopic (exact) mass is 371 g/mol. The van der Waals surface area contributed by atoms with Gasteiger partial charge in [-0.25, -0.2) is 8.78 Å². The number of benzene rings is 2. The average Bonchev–Trinajstić information content (AvgIpc) is 2.37. The SMILES string of the molecule is O=C(NCCc1cc(F)cc(F)c1)c1ccc(Br)cc1S. The van der Waals surface area contributed by atoms with Gasteiger partial charge in [0.1, 0.15) is 11.6 Å². The van der Waals surface area contributed by atoms with Crippen molar-refractivity contribution < 1.29 is 13.6 Å². The third kappa shape index (κ3) is 4.54. The number of rotatable bonds is 4. The molecule has 0 fully saturated rings. The lowest BCUT2D eigenvalue weighted by Gasteiger charge is -2.08. The Morgan fingerprint density at radius 2 is 1.81 bits per heavy atom. The van der Waals surface area contributed by atoms with Gasteiger partial charge in [0, 0.05) is 22.0 Å². The van der Waals surface area contributed by atoms with Crippen molar-refractivity contribution in [3.05, 3.63) is 63.6 Å². The van der Waals surface area contributed by atoms with Crippen LogP contribution >= 0.6 is 28.6 Å². The van der Waals surface area contributed by atoms with Crippen LogP contribution in [0, 0.1) is 11.6 Å². The van der Waals surface area contributed by atoms with Crippen LogP contribution in [0.1, 0.15) is 15.9 Å². The molecule has 0 heterocycles. The summed E-state index contributed by atoms with van der Waals surface area (Å²) in [6.07, 6.45) is 0.346. The summed E-state index contributed by atoms with van der Waals surface area (Å²) in [5, 5.41) is 2.70. The minimum atomic E-state index is -0.623. The summed E-state index contributed by atoms with van der Waals surface area (Å²) in [6.45, 7) is 0.283. The summed E-state index contributed by atoms with van der Waals surface area (Å²) in [6, 6.07) is 8.44. The van der Waals surface area contributed by atoms with Crippen LogP contribution in [0.25, 0.3) is 0 Å². The van der Waals surface area contributed by atoms with Crippen LogP contribution in [0.4, 0.5) is 8.78 Å². The summed E-state index contributed by atoms with van der Waals surface area (Å²) in [4.78, 5) is 12.5. The topological polar surface area (TPSA) is 29.1 Å². The second kappa shape index (κ2) is 7.04. The van der Waals surface area contributed by atoms with Gasteiger partial charge in [0.25, 0.3) is 5.91 Å². The molecule has 1 N–H and O–H groups in total. The van der Waals surface area contributed by atoms with Crippen molar-refractivity contribution >= 4 is 34.5 Å². The Labute approximate surface area is 135 Å². The van der Waals surface area contributed by atoms with Crippen molar-refractivity contribution in [2.24, 2.45) is 0 Å². The molecular formula is C15H12BrF2NOS. The number of halogens is 3. The van der Waals surface area contributed by atoms with Crippen LogP contribution in [0.5, 0.6) is 0 Å². The van der Waals surface area contributed by atoms with E-state index < -0.39 is 11.6 Å². The summed E-state index contributed by atoms with van der Waals surface area (Å²) < 4.78 is 26.9. The van der Waals surface area contributed by atoms with Crippen molar-refractivity contribution in [2.75, 3.05) is 6.54 Å². The van der Waals surface area contributed by atoms with E-state index in [0.29, 0.717) is 22.4 Å². The molecule has 0 saturated carbocycles. The highest BCUT2D eigenvalue weighted by molar-refractivity contribution is 9.10. The molecule has 0 unspecified atom stereocenters. The highest BCUT2D eigenvalue weighted by atomic mass is 79.9. The van der Waals surface area contributed by atoms with Gasteiger partial charge in [0.2, 0.25) is 0 Å². The average molecular weight is 372 g/mol. The standard InChI is InChI=1S/C15H12BrF2NOS/c16-10-1-2-13(14(21)7-10)15(20)19-4-3-9-5-11(17)8-12(18)6-9/h1-2,5-8,21H,3-4H2,(H,19,20). The Kier molecular flexibility index (Phi) is 5.36. The van der Waals surface area contributed by atoms with E-state index in [9.17, 15) is 13.6 Å². The summed E-state index contributed by atoms with van der Waals surface area (Å²) in [5.74, 6) is -1.52. The third-order valence-corrected chi connectivity index (χ3v) is 3.69. The number of hydrogen-bond acceptors (Lipinski definition) is 2. The van der Waals surface area contributed by atoms with Gasteiger partial charge in [-0.2, -0.15) is 0 Å². The van der Waals surface area contributed by atoms with Crippen molar-refractivity contribution in [2.45, 2.75) is 11.3 Å². The predicted octanol–water partition coefficient (Wildman–Crippen LogP) is 3.99. The Hall–Kier alpha value is -1.40. The molecule has 0 aromatic heterocycles. The number of nitrogens with one attached hydrogen (secondary N) is 1. The number of hydrogen-bond donors (Lipinski definition) is 2. The normalized spacial score (nSPS) is 10.5. The first-order valence-electron chi connectivity index (χ1n) is 6.17. The maximum atomic E-state index is 13.0. The lowest BCUT2D eigenvalue weighted by Crippen LogP contribution is -2.26. The fraction of sp³-hybridized carbons (Fsp3) is 0.133. The molecule has 0 spiro atoms. The highest BCUT2D eigenvalue weighted by Crippen LogP contribution is 2.19. The van der Waals surface area contributed by atoms with Crippen LogP contribution in [0.3, 0.4) is 0 Å². The zero-order valence-corrected chi connectivity index (χ0v) is 13.3. The quantitative estimate of drug-likeness (QED) is 0.781. The van der Waals surface area contributed by atoms with Crippen LogP contribution in [0.15, 0.2) is 45.8 Å². The van der Waals surface area contributed by atoms with E-state index in [1.165, 1.54) is 12.1 Å². The first kappa shape index (κ1) is 16.0. The molecule has 2 aromatic carbocycles. The van der Waals surface area contributed by atoms with E-state index >= 15 is 0 Å². The summed E-state index contributed by atoms with van der Waals surface area (Å²) in [5.41, 5.74) is 0.946. The molecular weight excluding hydrogens is 360 g/mol. The fourth-order valence-corrected chi connectivity index (χ4v) is 2.72. The van der Waals surface area contributed by atoms with Gasteiger partial charge in [0.15, 0.2) is 0 Å². The number of carbonyl (C=O) groups excluding carboxylic acids is 1. The molecule has 1 amide bonds. The van der Waals surface area contributed by atoms with Gasteiger partial charge in [-0.3, -0.25) is 4.79 Å². The fourth-order valence-electron chi connectivity index (χ4n) is 1.87. The zero-order valence-electron chi connectivity index (χ0n) is 10.9. The predicted molar refractivity (Wildman–Crippen MR) is 83.8 cm³/mol. The largest absolute Gasteiger partial charge is 0.352 e. The maximum Gasteiger partial charge on any atom is 0.252 e. The van der Waals surface area contributed by atoms with Crippen LogP contribution in [0.2, 0.25) is 0 Å². The first-order valence-corrected chi connectivity index (χ1v) is 7.41. The van der Waals surface area contributed by atoms with E-state index in [1.54, 1.807) is 18.2 Å². The Bertz CT molecular complexity index is 658. The van der Waals surface area contributed by atoms with Crippen molar-refractivity contribution in [1.82, 2.24) is 5.32 Å². The van der Waals surface area contributed by atoms with Crippen LogP contribution in [-0.2, 0) is 6.42 Å². The molecule has 110 valence electrons. The van der Waals surface area contributed by atoms with Gasteiger partial charge in [-0.1, -0.05) is 15.9 Å². The van der Waals surface area contributed by atoms with Crippen LogP contribution < -0.4 is 5.32 Å². The number of thiol groups is 1. The Balaban J connectivity index is 1.95. The second-order valence-corrected chi connectivity index (χ2v) is 5.84. The van der Waals surface area contributed by atoms with E-state index in [-0.39, 0.29) is 12.5 Å². The zero-order chi connectivity index (χ0) is 15.4. The first-order chi connectivity index (χ1) is 9.95. The van der Waals surface area contributed by atoms with E-state index in [1.807, 2.05) is 0 Å². The molecule has 0 aliphatic rings. The number of carbonyl (C=O) groups is 1. The smallest absolute Gasteiger partial charge is 0.252 e. The van der Waals surface area contributed by atoms with E-state index in [4.69, 9.17) is 0 Å². The molecule has 0 aliphatic heterocycles. The maximum absolute atomic E-state index is 13.0. The third-order valence-electron chi connectivity index (χ3n) is 2.83. The molecule has 2 nitrogen and oxygen atoms in total. The lowest BCUT2D eigenvalue weighted by atomic mass is 10.1. The molecule has 2 rings (SSSR count). The lowest BCUT2D eigenvalue weighted by molar-refractivity contribution is 0.0951. The van der Waals surface area contributed by atoms with Gasteiger partial charge in [0.05, 0.1) is 5.56 Å². The minimum Gasteiger partial charge on any atom is -0.352 e. The molecule has 0 saturated heterocycles. The van der Waals surface area contributed by atoms with Gasteiger partial charge >= 0.3 is 0 Å². The molecule has 0 bridgehead atoms. The molecule has 0 radical (unpaired) electrons. The Morgan fingerprint density at radius 3 is 2.43 bits per heavy atom. The molecule has 0 atom stereocenters. The molecule has 0 aliphatic carbocycles. The van der Waals surface area contributed by atoms with Gasteiger partial charge in [-0.05, 0) is 42.3 Å². The second-order valence-electron chi connectivity index (χ2n) is 4.45. The molecule has 21 heavy (non-hydrogen) atoms. The van der Waals surface area contributed by atoms with E-state index in [0.717, 1.165) is 10.5 Å².